The molecule has 31 nitrogen and oxygen atoms in total. The van der Waals surface area contributed by atoms with Gasteiger partial charge in [0.2, 0.25) is 59.1 Å². The molecular weight excluding hydrogens is 1070 g/mol. The van der Waals surface area contributed by atoms with Gasteiger partial charge in [-0.25, -0.2) is 4.79 Å². The molecule has 10 amide bonds. The van der Waals surface area contributed by atoms with E-state index in [0.717, 1.165) is 0 Å². The van der Waals surface area contributed by atoms with E-state index in [1.54, 1.807) is 38.1 Å². The van der Waals surface area contributed by atoms with Crippen LogP contribution in [0.25, 0.3) is 10.9 Å². The van der Waals surface area contributed by atoms with Crippen LogP contribution in [0.5, 0.6) is 0 Å². The Morgan fingerprint density at radius 1 is 0.543 bits per heavy atom. The topological polar surface area (TPSA) is 516 Å². The van der Waals surface area contributed by atoms with Gasteiger partial charge in [0, 0.05) is 29.9 Å². The molecule has 0 spiro atoms. The molecule has 19 N–H and O–H groups in total. The van der Waals surface area contributed by atoms with Crippen LogP contribution in [0.2, 0.25) is 0 Å². The molecule has 448 valence electrons. The van der Waals surface area contributed by atoms with Crippen LogP contribution in [0, 0.1) is 17.8 Å². The number of nitrogens with one attached hydrogen (secondary N) is 10. The molecule has 0 unspecified atom stereocenters. The van der Waals surface area contributed by atoms with Gasteiger partial charge in [-0.05, 0) is 42.7 Å². The minimum absolute atomic E-state index is 0.239. The zero-order valence-corrected chi connectivity index (χ0v) is 45.7. The number of fused-ring (bicyclic) bond motifs is 1. The number of aromatic nitrogens is 1. The Labute approximate surface area is 464 Å². The van der Waals surface area contributed by atoms with Gasteiger partial charge in [0.05, 0.1) is 31.9 Å². The summed E-state index contributed by atoms with van der Waals surface area (Å²) in [6, 6.07) is -8.31. The fourth-order valence-corrected chi connectivity index (χ4v) is 7.76. The number of hydrogen-bond acceptors (Lipinski definition) is 16. The number of aliphatic carboxylic acids is 4. The van der Waals surface area contributed by atoms with Crippen molar-refractivity contribution in [3.63, 3.8) is 0 Å². The molecule has 11 atom stereocenters. The number of aromatic amines is 1. The molecular formula is C50H74N12O19. The fourth-order valence-electron chi connectivity index (χ4n) is 7.76. The summed E-state index contributed by atoms with van der Waals surface area (Å²) < 4.78 is 0. The summed E-state index contributed by atoms with van der Waals surface area (Å²) in [4.78, 5) is 184. The van der Waals surface area contributed by atoms with Gasteiger partial charge in [-0.2, -0.15) is 0 Å². The number of aliphatic hydroxyl groups excluding tert-OH is 1. The quantitative estimate of drug-likeness (QED) is 0.0310. The number of H-pyrrole nitrogens is 1. The number of aliphatic hydroxyl groups is 1. The van der Waals surface area contributed by atoms with Gasteiger partial charge in [0.1, 0.15) is 54.4 Å². The Balaban J connectivity index is 2.35. The van der Waals surface area contributed by atoms with Gasteiger partial charge in [-0.3, -0.25) is 62.3 Å². The van der Waals surface area contributed by atoms with Crippen LogP contribution in [0.15, 0.2) is 30.5 Å². The molecule has 0 saturated carbocycles. The SMILES string of the molecule is CC[C@H](C)[C@H](NC(=O)CNC(=O)[C@@H](NC(=O)[C@H](CC(=O)O)NC(=O)[C@@H](N)[C@@H](C)O)C(C)C)C(=O)N[C@@H](CCC(N)=O)C(=O)N[C@H](C(=O)N[C@@H](CC(=O)O)C(=O)N[C@@H](Cc1c[nH]c2ccccc12)C(=O)N[C@@H](CC(=O)O)C(=O)O)C(C)C. The molecule has 31 heteroatoms. The molecule has 81 heavy (non-hydrogen) atoms. The van der Waals surface area contributed by atoms with Crippen LogP contribution < -0.4 is 59.3 Å². The average molecular weight is 1150 g/mol. The zero-order valence-electron chi connectivity index (χ0n) is 45.7. The first-order chi connectivity index (χ1) is 37.8. The Morgan fingerprint density at radius 2 is 0.988 bits per heavy atom. The van der Waals surface area contributed by atoms with E-state index in [-0.39, 0.29) is 12.8 Å². The van der Waals surface area contributed by atoms with Crippen molar-refractivity contribution in [3.8, 4) is 0 Å². The number of carbonyl (C=O) groups excluding carboxylic acids is 10. The van der Waals surface area contributed by atoms with Crippen molar-refractivity contribution in [1.82, 2.24) is 52.8 Å². The lowest BCUT2D eigenvalue weighted by atomic mass is 9.97. The van der Waals surface area contributed by atoms with Crippen LogP contribution in [0.3, 0.4) is 0 Å². The molecule has 2 aromatic rings. The largest absolute Gasteiger partial charge is 0.481 e. The first-order valence-electron chi connectivity index (χ1n) is 25.6. The van der Waals surface area contributed by atoms with Gasteiger partial charge in [0.15, 0.2) is 0 Å². The number of hydrogen-bond donors (Lipinski definition) is 17. The Hall–Kier alpha value is -8.74. The number of para-hydroxylation sites is 1. The normalized spacial score (nSPS) is 15.2. The van der Waals surface area contributed by atoms with Crippen molar-refractivity contribution >= 4 is 93.9 Å². The Bertz CT molecular complexity index is 2640. The molecule has 2 rings (SSSR count). The number of benzene rings is 1. The molecule has 1 heterocycles. The summed E-state index contributed by atoms with van der Waals surface area (Å²) in [5.41, 5.74) is 12.0. The maximum Gasteiger partial charge on any atom is 0.326 e. The van der Waals surface area contributed by atoms with E-state index < -0.39 is 200 Å². The molecule has 1 aromatic heterocycles. The minimum atomic E-state index is -1.98. The highest BCUT2D eigenvalue weighted by molar-refractivity contribution is 6.00. The maximum absolute atomic E-state index is 14.0. The van der Waals surface area contributed by atoms with Crippen LogP contribution in [0.4, 0.5) is 0 Å². The number of rotatable bonds is 35. The number of nitrogens with two attached hydrogens (primary N) is 2. The van der Waals surface area contributed by atoms with Crippen molar-refractivity contribution in [2.45, 2.75) is 154 Å². The van der Waals surface area contributed by atoms with E-state index in [4.69, 9.17) is 11.5 Å². The van der Waals surface area contributed by atoms with E-state index >= 15 is 0 Å². The lowest BCUT2D eigenvalue weighted by molar-refractivity contribution is -0.147. The Morgan fingerprint density at radius 3 is 1.49 bits per heavy atom. The first-order valence-corrected chi connectivity index (χ1v) is 25.6. The van der Waals surface area contributed by atoms with Crippen molar-refractivity contribution < 1.29 is 92.7 Å². The molecule has 0 aliphatic carbocycles. The fraction of sp³-hybridized carbons (Fsp3) is 0.560. The predicted molar refractivity (Wildman–Crippen MR) is 282 cm³/mol. The lowest BCUT2D eigenvalue weighted by Crippen LogP contribution is -2.61. The summed E-state index contributed by atoms with van der Waals surface area (Å²) in [6.07, 6.45) is -4.07. The van der Waals surface area contributed by atoms with E-state index in [1.165, 1.54) is 40.8 Å². The minimum Gasteiger partial charge on any atom is -0.481 e. The summed E-state index contributed by atoms with van der Waals surface area (Å²) >= 11 is 0. The Kier molecular flexibility index (Phi) is 27.3. The number of carboxylic acid groups (broad SMARTS) is 4. The van der Waals surface area contributed by atoms with Crippen LogP contribution >= 0.6 is 0 Å². The highest BCUT2D eigenvalue weighted by Crippen LogP contribution is 2.20. The van der Waals surface area contributed by atoms with Crippen LogP contribution in [-0.2, 0) is 73.5 Å². The maximum atomic E-state index is 14.0. The third-order valence-corrected chi connectivity index (χ3v) is 12.6. The van der Waals surface area contributed by atoms with Gasteiger partial charge in [0.25, 0.3) is 0 Å². The van der Waals surface area contributed by atoms with Gasteiger partial charge in [-0.1, -0.05) is 66.2 Å². The summed E-state index contributed by atoms with van der Waals surface area (Å²) in [5, 5.41) is 69.0. The van der Waals surface area contributed by atoms with Crippen molar-refractivity contribution in [3.05, 3.63) is 36.0 Å². The summed E-state index contributed by atoms with van der Waals surface area (Å²) in [7, 11) is 0. The molecule has 0 aliphatic rings. The standard InChI is InChI=1S/C50H74N12O19/c1-8-23(6)41(60-34(65)20-54-47(77)39(21(2)3)61-45(75)31(17-36(68)69)57-46(76)38(52)24(7)63)49(79)55-28(13-14-33(51)64)42(72)62-40(22(4)5)48(78)58-30(16-35(66)67)44(74)56-29(43(73)59-32(50(80)81)18-37(70)71)15-25-19-53-27-12-10-9-11-26(25)27/h9-12,19,21-24,28-32,38-41,53,63H,8,13-18,20,52H2,1-7H3,(H2,51,64)(H,54,77)(H,55,79)(H,56,74)(H,57,76)(H,58,78)(H,59,73)(H,60,65)(H,61,75)(H,62,72)(H,66,67)(H,68,69)(H,70,71)(H,80,81)/t23-,24+,28-,29-,30-,31-,32-,38-,39-,40-,41-/m0/s1. The van der Waals surface area contributed by atoms with Gasteiger partial charge in [-0.15, -0.1) is 0 Å². The highest BCUT2D eigenvalue weighted by atomic mass is 16.4. The number of carboxylic acids is 4. The first kappa shape index (κ1) is 68.4. The van der Waals surface area contributed by atoms with Gasteiger partial charge < -0.3 is 89.8 Å². The second-order valence-corrected chi connectivity index (χ2v) is 19.9. The monoisotopic (exact) mass is 1150 g/mol. The molecule has 0 saturated heterocycles. The lowest BCUT2D eigenvalue weighted by Gasteiger charge is -2.29. The molecule has 0 bridgehead atoms. The van der Waals surface area contributed by atoms with Crippen molar-refractivity contribution in [1.29, 1.82) is 0 Å². The van der Waals surface area contributed by atoms with Crippen LogP contribution in [0.1, 0.15) is 92.6 Å². The van der Waals surface area contributed by atoms with Crippen molar-refractivity contribution in [2.75, 3.05) is 6.54 Å². The molecule has 0 fully saturated rings. The second kappa shape index (κ2) is 32.4. The number of primary amides is 1. The highest BCUT2D eigenvalue weighted by Gasteiger charge is 2.38. The zero-order chi connectivity index (χ0) is 61.6. The number of carbonyl (C=O) groups is 14. The molecule has 0 radical (unpaired) electrons. The third-order valence-electron chi connectivity index (χ3n) is 12.6. The van der Waals surface area contributed by atoms with E-state index in [9.17, 15) is 92.7 Å². The van der Waals surface area contributed by atoms with Crippen LogP contribution in [-0.4, -0.2) is 180 Å². The van der Waals surface area contributed by atoms with Crippen molar-refractivity contribution in [2.24, 2.45) is 29.2 Å². The van der Waals surface area contributed by atoms with E-state index in [0.29, 0.717) is 16.5 Å². The number of amides is 10. The smallest absolute Gasteiger partial charge is 0.326 e. The third kappa shape index (κ3) is 22.5. The molecule has 0 aliphatic heterocycles. The second-order valence-electron chi connectivity index (χ2n) is 19.9. The van der Waals surface area contributed by atoms with E-state index in [1.807, 2.05) is 0 Å². The summed E-state index contributed by atoms with van der Waals surface area (Å²) in [6.45, 7) is 9.50. The van der Waals surface area contributed by atoms with E-state index in [2.05, 4.69) is 52.8 Å². The average Bonchev–Trinajstić information content (AvgIpc) is 3.80. The van der Waals surface area contributed by atoms with Gasteiger partial charge >= 0.3 is 23.9 Å². The summed E-state index contributed by atoms with van der Waals surface area (Å²) in [5.74, 6) is -19.3. The molecule has 1 aromatic carbocycles. The predicted octanol–water partition coefficient (Wildman–Crippen LogP) is -4.45.